The van der Waals surface area contributed by atoms with Gasteiger partial charge < -0.3 is 10.0 Å². The van der Waals surface area contributed by atoms with E-state index in [1.54, 1.807) is 11.8 Å². The maximum absolute atomic E-state index is 12.4. The van der Waals surface area contributed by atoms with Gasteiger partial charge in [0, 0.05) is 10.3 Å². The fourth-order valence-electron chi connectivity index (χ4n) is 2.35. The second-order valence-electron chi connectivity index (χ2n) is 6.67. The topological polar surface area (TPSA) is 40.5 Å². The van der Waals surface area contributed by atoms with Crippen LogP contribution in [0.2, 0.25) is 0 Å². The average Bonchev–Trinajstić information content (AvgIpc) is 2.39. The molecule has 17 heavy (non-hydrogen) atoms. The monoisotopic (exact) mass is 259 g/mol. The number of amides is 1. The lowest BCUT2D eigenvalue weighted by molar-refractivity contribution is -0.134. The van der Waals surface area contributed by atoms with E-state index in [1.807, 2.05) is 25.7 Å². The molecule has 3 nitrogen and oxygen atoms in total. The fourth-order valence-corrected chi connectivity index (χ4v) is 3.73. The molecule has 1 saturated heterocycles. The van der Waals surface area contributed by atoms with Crippen molar-refractivity contribution in [3.05, 3.63) is 0 Å². The molecule has 0 saturated carbocycles. The Morgan fingerprint density at radius 3 is 2.12 bits per heavy atom. The zero-order chi connectivity index (χ0) is 13.4. The van der Waals surface area contributed by atoms with E-state index < -0.39 is 0 Å². The zero-order valence-electron chi connectivity index (χ0n) is 11.8. The van der Waals surface area contributed by atoms with Gasteiger partial charge in [-0.2, -0.15) is 0 Å². The van der Waals surface area contributed by atoms with Crippen molar-refractivity contribution in [2.45, 2.75) is 69.5 Å². The maximum Gasteiger partial charge on any atom is 0.236 e. The minimum Gasteiger partial charge on any atom is -0.394 e. The molecule has 2 unspecified atom stereocenters. The van der Waals surface area contributed by atoms with Gasteiger partial charge in [-0.05, 0) is 27.2 Å². The summed E-state index contributed by atoms with van der Waals surface area (Å²) in [5, 5.41) is 9.42. The average molecular weight is 259 g/mol. The van der Waals surface area contributed by atoms with Crippen molar-refractivity contribution in [2.24, 2.45) is 0 Å². The molecule has 1 aliphatic rings. The van der Waals surface area contributed by atoms with Gasteiger partial charge in [0.2, 0.25) is 5.91 Å². The number of aliphatic hydroxyl groups is 1. The number of likely N-dealkylation sites (tertiary alicyclic amines) is 1. The second kappa shape index (κ2) is 4.81. The molecular weight excluding hydrogens is 234 g/mol. The SMILES string of the molecule is CC(C)(C)SC1CC(CO)N(C(C)(C)C)C1=O. The summed E-state index contributed by atoms with van der Waals surface area (Å²) in [4.78, 5) is 14.3. The molecule has 0 bridgehead atoms. The molecule has 0 aromatic heterocycles. The summed E-state index contributed by atoms with van der Waals surface area (Å²) in [6.45, 7) is 12.5. The first kappa shape index (κ1) is 14.8. The van der Waals surface area contributed by atoms with Crippen LogP contribution in [0.1, 0.15) is 48.0 Å². The summed E-state index contributed by atoms with van der Waals surface area (Å²) in [5.74, 6) is 0.177. The third kappa shape index (κ3) is 3.62. The Labute approximate surface area is 109 Å². The Bertz CT molecular complexity index is 291. The number of carbonyl (C=O) groups excluding carboxylic acids is 1. The van der Waals surface area contributed by atoms with Gasteiger partial charge in [-0.3, -0.25) is 4.79 Å². The Kier molecular flexibility index (Phi) is 4.20. The van der Waals surface area contributed by atoms with E-state index in [0.29, 0.717) is 0 Å². The van der Waals surface area contributed by atoms with Crippen molar-refractivity contribution in [1.29, 1.82) is 0 Å². The highest BCUT2D eigenvalue weighted by Crippen LogP contribution is 2.39. The highest BCUT2D eigenvalue weighted by Gasteiger charge is 2.45. The number of thioether (sulfide) groups is 1. The molecule has 0 spiro atoms. The number of aliphatic hydroxyl groups excluding tert-OH is 1. The van der Waals surface area contributed by atoms with Crippen molar-refractivity contribution >= 4 is 17.7 Å². The molecule has 0 radical (unpaired) electrons. The van der Waals surface area contributed by atoms with E-state index in [0.717, 1.165) is 6.42 Å². The van der Waals surface area contributed by atoms with E-state index in [9.17, 15) is 9.90 Å². The van der Waals surface area contributed by atoms with E-state index >= 15 is 0 Å². The Hall–Kier alpha value is -0.220. The van der Waals surface area contributed by atoms with Crippen molar-refractivity contribution in [3.8, 4) is 0 Å². The first-order valence-electron chi connectivity index (χ1n) is 6.18. The molecule has 100 valence electrons. The standard InChI is InChI=1S/C13H25NO2S/c1-12(2,3)14-9(8-15)7-10(11(14)16)17-13(4,5)6/h9-10,15H,7-8H2,1-6H3. The van der Waals surface area contributed by atoms with Crippen molar-refractivity contribution in [3.63, 3.8) is 0 Å². The van der Waals surface area contributed by atoms with Crippen LogP contribution in [0.5, 0.6) is 0 Å². The summed E-state index contributed by atoms with van der Waals surface area (Å²) < 4.78 is 0.0776. The Balaban J connectivity index is 2.85. The van der Waals surface area contributed by atoms with Crippen LogP contribution < -0.4 is 0 Å². The second-order valence-corrected chi connectivity index (χ2v) is 8.70. The summed E-state index contributed by atoms with van der Waals surface area (Å²) in [6.07, 6.45) is 0.758. The fraction of sp³-hybridized carbons (Fsp3) is 0.923. The Morgan fingerprint density at radius 2 is 1.82 bits per heavy atom. The first-order valence-corrected chi connectivity index (χ1v) is 7.06. The lowest BCUT2D eigenvalue weighted by Crippen LogP contribution is -2.49. The molecule has 0 aromatic rings. The largest absolute Gasteiger partial charge is 0.394 e. The number of carbonyl (C=O) groups is 1. The summed E-state index contributed by atoms with van der Waals surface area (Å²) >= 11 is 1.71. The zero-order valence-corrected chi connectivity index (χ0v) is 12.6. The van der Waals surface area contributed by atoms with Gasteiger partial charge in [0.05, 0.1) is 17.9 Å². The van der Waals surface area contributed by atoms with E-state index in [2.05, 4.69) is 20.8 Å². The predicted molar refractivity (Wildman–Crippen MR) is 73.2 cm³/mol. The van der Waals surface area contributed by atoms with Crippen LogP contribution in [0.25, 0.3) is 0 Å². The minimum absolute atomic E-state index is 0.00799. The molecule has 1 heterocycles. The molecule has 1 aliphatic heterocycles. The summed E-state index contributed by atoms with van der Waals surface area (Å²) in [5.41, 5.74) is -0.211. The minimum atomic E-state index is -0.211. The van der Waals surface area contributed by atoms with Gasteiger partial charge >= 0.3 is 0 Å². The summed E-state index contributed by atoms with van der Waals surface area (Å²) in [7, 11) is 0. The molecule has 1 rings (SSSR count). The molecule has 4 heteroatoms. The Morgan fingerprint density at radius 1 is 1.29 bits per heavy atom. The van der Waals surface area contributed by atoms with E-state index in [-0.39, 0.29) is 34.1 Å². The normalized spacial score (nSPS) is 26.8. The molecular formula is C13H25NO2S. The van der Waals surface area contributed by atoms with Crippen LogP contribution in [-0.2, 0) is 4.79 Å². The van der Waals surface area contributed by atoms with Crippen molar-refractivity contribution in [1.82, 2.24) is 4.90 Å². The predicted octanol–water partition coefficient (Wildman–Crippen LogP) is 2.28. The first-order chi connectivity index (χ1) is 7.56. The molecule has 1 fully saturated rings. The highest BCUT2D eigenvalue weighted by molar-refractivity contribution is 8.01. The molecule has 2 atom stereocenters. The molecule has 1 amide bonds. The third-order valence-electron chi connectivity index (χ3n) is 2.79. The van der Waals surface area contributed by atoms with Gasteiger partial charge in [-0.25, -0.2) is 0 Å². The molecule has 1 N–H and O–H groups in total. The number of hydrogen-bond donors (Lipinski definition) is 1. The van der Waals surface area contributed by atoms with E-state index in [4.69, 9.17) is 0 Å². The smallest absolute Gasteiger partial charge is 0.236 e. The summed E-state index contributed by atoms with van der Waals surface area (Å²) in [6, 6.07) is -0.0256. The third-order valence-corrected chi connectivity index (χ3v) is 4.18. The molecule has 0 aromatic carbocycles. The number of nitrogens with zero attached hydrogens (tertiary/aromatic N) is 1. The highest BCUT2D eigenvalue weighted by atomic mass is 32.2. The van der Waals surface area contributed by atoms with Crippen LogP contribution in [0.15, 0.2) is 0 Å². The van der Waals surface area contributed by atoms with Crippen LogP contribution >= 0.6 is 11.8 Å². The molecule has 0 aliphatic carbocycles. The van der Waals surface area contributed by atoms with Gasteiger partial charge in [-0.1, -0.05) is 20.8 Å². The lowest BCUT2D eigenvalue weighted by atomic mass is 10.1. The van der Waals surface area contributed by atoms with Crippen LogP contribution in [0.4, 0.5) is 0 Å². The van der Waals surface area contributed by atoms with E-state index in [1.165, 1.54) is 0 Å². The van der Waals surface area contributed by atoms with Crippen LogP contribution in [-0.4, -0.2) is 44.1 Å². The van der Waals surface area contributed by atoms with Gasteiger partial charge in [0.15, 0.2) is 0 Å². The van der Waals surface area contributed by atoms with Crippen LogP contribution in [0.3, 0.4) is 0 Å². The van der Waals surface area contributed by atoms with Crippen molar-refractivity contribution in [2.75, 3.05) is 6.61 Å². The number of hydrogen-bond acceptors (Lipinski definition) is 3. The lowest BCUT2D eigenvalue weighted by Gasteiger charge is -2.36. The van der Waals surface area contributed by atoms with Gasteiger partial charge in [-0.15, -0.1) is 11.8 Å². The quantitative estimate of drug-likeness (QED) is 0.827. The van der Waals surface area contributed by atoms with Gasteiger partial charge in [0.1, 0.15) is 0 Å². The maximum atomic E-state index is 12.4. The van der Waals surface area contributed by atoms with Crippen LogP contribution in [0, 0.1) is 0 Å². The van der Waals surface area contributed by atoms with Gasteiger partial charge in [0.25, 0.3) is 0 Å². The number of rotatable bonds is 2. The van der Waals surface area contributed by atoms with Crippen molar-refractivity contribution < 1.29 is 9.90 Å².